The van der Waals surface area contributed by atoms with Crippen LogP contribution in [-0.4, -0.2) is 55.6 Å². The average molecular weight is 280 g/mol. The van der Waals surface area contributed by atoms with Crippen molar-refractivity contribution in [2.24, 2.45) is 0 Å². The highest BCUT2D eigenvalue weighted by atomic mass is 35.5. The second-order valence-corrected chi connectivity index (χ2v) is 4.93. The summed E-state index contributed by atoms with van der Waals surface area (Å²) >= 11 is 5.93. The molecule has 1 unspecified atom stereocenters. The fraction of sp³-hybridized carbons (Fsp3) is 0.455. The maximum absolute atomic E-state index is 5.93. The van der Waals surface area contributed by atoms with Crippen molar-refractivity contribution in [3.05, 3.63) is 24.0 Å². The maximum atomic E-state index is 5.93. The molecule has 0 aliphatic carbocycles. The number of anilines is 1. The molecule has 7 nitrogen and oxygen atoms in total. The molecular weight excluding hydrogens is 266 g/mol. The molecule has 3 rings (SSSR count). The fourth-order valence-corrected chi connectivity index (χ4v) is 2.29. The van der Waals surface area contributed by atoms with Crippen LogP contribution < -0.4 is 5.32 Å². The van der Waals surface area contributed by atoms with Crippen LogP contribution in [0, 0.1) is 0 Å². The summed E-state index contributed by atoms with van der Waals surface area (Å²) in [6.07, 6.45) is 6.12. The molecule has 0 aromatic carbocycles. The van der Waals surface area contributed by atoms with Crippen LogP contribution in [0.2, 0.25) is 5.28 Å². The van der Waals surface area contributed by atoms with E-state index >= 15 is 0 Å². The molecule has 100 valence electrons. The van der Waals surface area contributed by atoms with Gasteiger partial charge in [-0.15, -0.1) is 0 Å². The van der Waals surface area contributed by atoms with Crippen molar-refractivity contribution in [2.45, 2.75) is 12.5 Å². The van der Waals surface area contributed by atoms with Gasteiger partial charge in [-0.2, -0.15) is 15.0 Å². The van der Waals surface area contributed by atoms with Crippen molar-refractivity contribution in [1.82, 2.24) is 29.4 Å². The van der Waals surface area contributed by atoms with Gasteiger partial charge in [0.15, 0.2) is 0 Å². The number of hydrogen-bond acceptors (Lipinski definition) is 6. The molecule has 1 aliphatic heterocycles. The number of nitrogens with zero attached hydrogens (tertiary/aromatic N) is 6. The Kier molecular flexibility index (Phi) is 3.31. The third-order valence-electron chi connectivity index (χ3n) is 3.06. The van der Waals surface area contributed by atoms with Crippen molar-refractivity contribution in [2.75, 3.05) is 25.5 Å². The maximum Gasteiger partial charge on any atom is 0.241 e. The van der Waals surface area contributed by atoms with Crippen LogP contribution in [0.1, 0.15) is 6.42 Å². The van der Waals surface area contributed by atoms with E-state index in [1.54, 1.807) is 23.3 Å². The highest BCUT2D eigenvalue weighted by molar-refractivity contribution is 6.28. The number of halogens is 1. The molecule has 0 amide bonds. The van der Waals surface area contributed by atoms with Crippen molar-refractivity contribution in [1.29, 1.82) is 0 Å². The zero-order valence-electron chi connectivity index (χ0n) is 10.5. The summed E-state index contributed by atoms with van der Waals surface area (Å²) in [4.78, 5) is 18.8. The van der Waals surface area contributed by atoms with E-state index in [0.29, 0.717) is 17.9 Å². The van der Waals surface area contributed by atoms with Crippen LogP contribution in [-0.2, 0) is 0 Å². The lowest BCUT2D eigenvalue weighted by Crippen LogP contribution is -2.25. The number of hydrogen-bond donors (Lipinski definition) is 1. The summed E-state index contributed by atoms with van der Waals surface area (Å²) in [5.41, 5.74) is 0. The zero-order valence-corrected chi connectivity index (χ0v) is 11.2. The summed E-state index contributed by atoms with van der Waals surface area (Å²) in [6, 6.07) is 0.346. The Morgan fingerprint density at radius 2 is 2.26 bits per heavy atom. The van der Waals surface area contributed by atoms with E-state index in [9.17, 15) is 0 Å². The lowest BCUT2D eigenvalue weighted by molar-refractivity contribution is 0.414. The van der Waals surface area contributed by atoms with Gasteiger partial charge in [-0.25, -0.2) is 4.98 Å². The number of imidazole rings is 1. The van der Waals surface area contributed by atoms with E-state index in [4.69, 9.17) is 11.6 Å². The van der Waals surface area contributed by atoms with Gasteiger partial charge in [0.05, 0.1) is 0 Å². The summed E-state index contributed by atoms with van der Waals surface area (Å²) in [5.74, 6) is 0.968. The van der Waals surface area contributed by atoms with Gasteiger partial charge < -0.3 is 10.2 Å². The van der Waals surface area contributed by atoms with Crippen LogP contribution in [0.4, 0.5) is 5.95 Å². The molecule has 1 aliphatic rings. The number of aromatic nitrogens is 5. The molecule has 3 heterocycles. The Morgan fingerprint density at radius 1 is 1.37 bits per heavy atom. The van der Waals surface area contributed by atoms with Crippen LogP contribution in [0.25, 0.3) is 5.95 Å². The van der Waals surface area contributed by atoms with E-state index in [0.717, 1.165) is 19.5 Å². The molecule has 0 saturated carbocycles. The first-order valence-electron chi connectivity index (χ1n) is 6.06. The molecule has 8 heteroatoms. The minimum Gasteiger partial charge on any atom is -0.350 e. The van der Waals surface area contributed by atoms with E-state index in [1.165, 1.54) is 0 Å². The number of likely N-dealkylation sites (N-methyl/N-ethyl adjacent to an activating group) is 1. The smallest absolute Gasteiger partial charge is 0.241 e. The van der Waals surface area contributed by atoms with Crippen LogP contribution >= 0.6 is 11.6 Å². The van der Waals surface area contributed by atoms with Crippen molar-refractivity contribution < 1.29 is 0 Å². The minimum atomic E-state index is 0.174. The molecule has 1 N–H and O–H groups in total. The van der Waals surface area contributed by atoms with Gasteiger partial charge in [0.2, 0.25) is 17.2 Å². The minimum absolute atomic E-state index is 0.174. The first kappa shape index (κ1) is 12.3. The Morgan fingerprint density at radius 3 is 2.95 bits per heavy atom. The molecule has 2 aromatic rings. The molecule has 19 heavy (non-hydrogen) atoms. The molecule has 1 atom stereocenters. The standard InChI is InChI=1S/C11H14ClN7/c1-18-4-2-8(6-18)14-10-15-9(12)16-11(17-10)19-5-3-13-7-19/h3,5,7-8H,2,4,6H2,1H3,(H,14,15,16,17). The highest BCUT2D eigenvalue weighted by Crippen LogP contribution is 2.14. The third-order valence-corrected chi connectivity index (χ3v) is 3.23. The normalized spacial score (nSPS) is 19.8. The van der Waals surface area contributed by atoms with Crippen LogP contribution in [0.15, 0.2) is 18.7 Å². The molecule has 0 bridgehead atoms. The van der Waals surface area contributed by atoms with Gasteiger partial charge in [0, 0.05) is 25.0 Å². The van der Waals surface area contributed by atoms with E-state index in [1.807, 2.05) is 0 Å². The van der Waals surface area contributed by atoms with Crippen LogP contribution in [0.3, 0.4) is 0 Å². The molecule has 2 aromatic heterocycles. The molecule has 0 spiro atoms. The summed E-state index contributed by atoms with van der Waals surface area (Å²) in [5, 5.41) is 3.47. The Hall–Kier alpha value is -1.73. The van der Waals surface area contributed by atoms with Crippen LogP contribution in [0.5, 0.6) is 0 Å². The molecule has 1 saturated heterocycles. The number of likely N-dealkylation sites (tertiary alicyclic amines) is 1. The van der Waals surface area contributed by atoms with Crippen molar-refractivity contribution >= 4 is 17.5 Å². The predicted octanol–water partition coefficient (Wildman–Crippen LogP) is 0.827. The third kappa shape index (κ3) is 2.82. The monoisotopic (exact) mass is 279 g/mol. The quantitative estimate of drug-likeness (QED) is 0.897. The zero-order chi connectivity index (χ0) is 13.2. The largest absolute Gasteiger partial charge is 0.350 e. The lowest BCUT2D eigenvalue weighted by atomic mass is 10.3. The van der Waals surface area contributed by atoms with Gasteiger partial charge in [-0.05, 0) is 31.6 Å². The van der Waals surface area contributed by atoms with E-state index in [-0.39, 0.29) is 5.28 Å². The second kappa shape index (κ2) is 5.10. The van der Waals surface area contributed by atoms with Gasteiger partial charge in [-0.1, -0.05) is 0 Å². The summed E-state index contributed by atoms with van der Waals surface area (Å²) in [7, 11) is 2.10. The Labute approximate surface area is 115 Å². The Bertz CT molecular complexity index is 556. The van der Waals surface area contributed by atoms with Gasteiger partial charge in [-0.3, -0.25) is 4.57 Å². The van der Waals surface area contributed by atoms with Gasteiger partial charge in [0.25, 0.3) is 0 Å². The first-order valence-corrected chi connectivity index (χ1v) is 6.43. The molecular formula is C11H14ClN7. The molecule has 1 fully saturated rings. The SMILES string of the molecule is CN1CCC(Nc2nc(Cl)nc(-n3ccnc3)n2)C1. The lowest BCUT2D eigenvalue weighted by Gasteiger charge is -2.13. The van der Waals surface area contributed by atoms with Crippen molar-refractivity contribution in [3.63, 3.8) is 0 Å². The van der Waals surface area contributed by atoms with E-state index < -0.39 is 0 Å². The van der Waals surface area contributed by atoms with Crippen molar-refractivity contribution in [3.8, 4) is 5.95 Å². The van der Waals surface area contributed by atoms with Gasteiger partial charge >= 0.3 is 0 Å². The topological polar surface area (TPSA) is 71.8 Å². The van der Waals surface area contributed by atoms with Gasteiger partial charge in [0.1, 0.15) is 6.33 Å². The van der Waals surface area contributed by atoms with E-state index in [2.05, 4.69) is 37.2 Å². The number of rotatable bonds is 3. The first-order chi connectivity index (χ1) is 9.20. The predicted molar refractivity (Wildman–Crippen MR) is 71.5 cm³/mol. The highest BCUT2D eigenvalue weighted by Gasteiger charge is 2.20. The summed E-state index contributed by atoms with van der Waals surface area (Å²) < 4.78 is 1.69. The molecule has 0 radical (unpaired) electrons. The number of nitrogens with one attached hydrogen (secondary N) is 1. The Balaban J connectivity index is 1.82. The summed E-state index contributed by atoms with van der Waals surface area (Å²) in [6.45, 7) is 2.05. The average Bonchev–Trinajstić information content (AvgIpc) is 3.00. The second-order valence-electron chi connectivity index (χ2n) is 4.59. The fourth-order valence-electron chi connectivity index (χ4n) is 2.13.